The lowest BCUT2D eigenvalue weighted by molar-refractivity contribution is 0.0689. The Morgan fingerprint density at radius 2 is 1.72 bits per heavy atom. The Labute approximate surface area is 180 Å². The Hall–Kier alpha value is -1.70. The SMILES string of the molecule is O=C(c1cc(S(=O)(=O)NC2CC2)ccc1Br)N1CCC(Cc2ccccc2)CC1. The molecule has 0 bridgehead atoms. The minimum absolute atomic E-state index is 0.0337. The van der Waals surface area contributed by atoms with Crippen molar-refractivity contribution in [2.75, 3.05) is 13.1 Å². The highest BCUT2D eigenvalue weighted by Crippen LogP contribution is 2.28. The van der Waals surface area contributed by atoms with Gasteiger partial charge in [-0.25, -0.2) is 13.1 Å². The molecular weight excluding hydrogens is 452 g/mol. The minimum atomic E-state index is -3.59. The number of nitrogens with zero attached hydrogens (tertiary/aromatic N) is 1. The van der Waals surface area contributed by atoms with Crippen LogP contribution < -0.4 is 4.72 Å². The average Bonchev–Trinajstić information content (AvgIpc) is 3.52. The normalized spacial score (nSPS) is 18.0. The van der Waals surface area contributed by atoms with E-state index in [-0.39, 0.29) is 16.8 Å². The fraction of sp³-hybridized carbons (Fsp3) is 0.409. The molecule has 1 saturated carbocycles. The molecular formula is C22H25BrN2O3S. The van der Waals surface area contributed by atoms with Gasteiger partial charge in [0, 0.05) is 23.6 Å². The molecule has 1 heterocycles. The summed E-state index contributed by atoms with van der Waals surface area (Å²) in [6.45, 7) is 1.39. The summed E-state index contributed by atoms with van der Waals surface area (Å²) in [5.41, 5.74) is 1.74. The zero-order valence-corrected chi connectivity index (χ0v) is 18.6. The number of rotatable bonds is 6. The second kappa shape index (κ2) is 8.58. The molecule has 1 aliphatic carbocycles. The number of piperidine rings is 1. The van der Waals surface area contributed by atoms with Crippen LogP contribution in [-0.4, -0.2) is 38.4 Å². The molecule has 1 N–H and O–H groups in total. The van der Waals surface area contributed by atoms with Crippen LogP contribution in [0.25, 0.3) is 0 Å². The van der Waals surface area contributed by atoms with Crippen molar-refractivity contribution in [2.24, 2.45) is 5.92 Å². The summed E-state index contributed by atoms with van der Waals surface area (Å²) in [6, 6.07) is 15.2. The number of carbonyl (C=O) groups excluding carboxylic acids is 1. The van der Waals surface area contributed by atoms with Crippen LogP contribution >= 0.6 is 15.9 Å². The zero-order chi connectivity index (χ0) is 20.4. The van der Waals surface area contributed by atoms with Crippen molar-refractivity contribution in [3.8, 4) is 0 Å². The molecule has 0 spiro atoms. The highest BCUT2D eigenvalue weighted by atomic mass is 79.9. The first-order valence-corrected chi connectivity index (χ1v) is 12.3. The van der Waals surface area contributed by atoms with Crippen molar-refractivity contribution in [3.05, 3.63) is 64.1 Å². The number of hydrogen-bond donors (Lipinski definition) is 1. The summed E-state index contributed by atoms with van der Waals surface area (Å²) in [5.74, 6) is 0.456. The highest BCUT2D eigenvalue weighted by Gasteiger charge is 2.30. The molecule has 7 heteroatoms. The average molecular weight is 477 g/mol. The summed E-state index contributed by atoms with van der Waals surface area (Å²) in [5, 5.41) is 0. The predicted octanol–water partition coefficient (Wildman–Crippen LogP) is 3.98. The van der Waals surface area contributed by atoms with Gasteiger partial charge >= 0.3 is 0 Å². The summed E-state index contributed by atoms with van der Waals surface area (Å²) < 4.78 is 28.3. The molecule has 0 radical (unpaired) electrons. The van der Waals surface area contributed by atoms with E-state index >= 15 is 0 Å². The largest absolute Gasteiger partial charge is 0.339 e. The predicted molar refractivity (Wildman–Crippen MR) is 116 cm³/mol. The van der Waals surface area contributed by atoms with E-state index in [0.29, 0.717) is 29.0 Å². The third-order valence-corrected chi connectivity index (χ3v) is 7.86. The minimum Gasteiger partial charge on any atom is -0.339 e. The van der Waals surface area contributed by atoms with E-state index in [1.807, 2.05) is 11.0 Å². The Bertz CT molecular complexity index is 982. The number of amides is 1. The number of benzene rings is 2. The van der Waals surface area contributed by atoms with E-state index < -0.39 is 10.0 Å². The smallest absolute Gasteiger partial charge is 0.255 e. The number of hydrogen-bond acceptors (Lipinski definition) is 3. The van der Waals surface area contributed by atoms with Gasteiger partial charge in [-0.3, -0.25) is 4.79 Å². The molecule has 2 aromatic rings. The standard InChI is InChI=1S/C22H25BrN2O3S/c23-21-9-8-19(29(27,28)24-18-6-7-18)15-20(21)22(26)25-12-10-17(11-13-25)14-16-4-2-1-3-5-16/h1-5,8-9,15,17-18,24H,6-7,10-14H2. The fourth-order valence-electron chi connectivity index (χ4n) is 3.78. The van der Waals surface area contributed by atoms with Crippen molar-refractivity contribution < 1.29 is 13.2 Å². The Morgan fingerprint density at radius 3 is 2.38 bits per heavy atom. The molecule has 4 rings (SSSR count). The van der Waals surface area contributed by atoms with Gasteiger partial charge in [-0.2, -0.15) is 0 Å². The van der Waals surface area contributed by atoms with Crippen molar-refractivity contribution in [1.82, 2.24) is 9.62 Å². The van der Waals surface area contributed by atoms with E-state index in [9.17, 15) is 13.2 Å². The number of likely N-dealkylation sites (tertiary alicyclic amines) is 1. The Kier molecular flexibility index (Phi) is 6.08. The van der Waals surface area contributed by atoms with Crippen LogP contribution in [0, 0.1) is 5.92 Å². The summed E-state index contributed by atoms with van der Waals surface area (Å²) >= 11 is 3.42. The number of nitrogens with one attached hydrogen (secondary N) is 1. The number of carbonyl (C=O) groups is 1. The van der Waals surface area contributed by atoms with Gasteiger partial charge < -0.3 is 4.90 Å². The fourth-order valence-corrected chi connectivity index (χ4v) is 5.53. The van der Waals surface area contributed by atoms with Crippen LogP contribution in [-0.2, 0) is 16.4 Å². The van der Waals surface area contributed by atoms with Crippen molar-refractivity contribution in [2.45, 2.75) is 43.0 Å². The van der Waals surface area contributed by atoms with E-state index in [2.05, 4.69) is 44.9 Å². The topological polar surface area (TPSA) is 66.5 Å². The van der Waals surface area contributed by atoms with E-state index in [0.717, 1.165) is 32.1 Å². The van der Waals surface area contributed by atoms with Crippen molar-refractivity contribution in [3.63, 3.8) is 0 Å². The first-order chi connectivity index (χ1) is 13.9. The van der Waals surface area contributed by atoms with Gasteiger partial charge in [-0.1, -0.05) is 30.3 Å². The molecule has 154 valence electrons. The molecule has 1 aliphatic heterocycles. The molecule has 5 nitrogen and oxygen atoms in total. The maximum atomic E-state index is 13.1. The van der Waals surface area contributed by atoms with Gasteiger partial charge in [-0.15, -0.1) is 0 Å². The molecule has 2 aliphatic rings. The maximum absolute atomic E-state index is 13.1. The first kappa shape index (κ1) is 20.6. The van der Waals surface area contributed by atoms with E-state index in [1.165, 1.54) is 17.7 Å². The molecule has 29 heavy (non-hydrogen) atoms. The summed E-state index contributed by atoms with van der Waals surface area (Å²) in [4.78, 5) is 15.1. The van der Waals surface area contributed by atoms with Crippen molar-refractivity contribution >= 4 is 31.9 Å². The third kappa shape index (κ3) is 5.08. The summed E-state index contributed by atoms with van der Waals surface area (Å²) in [7, 11) is -3.59. The summed E-state index contributed by atoms with van der Waals surface area (Å²) in [6.07, 6.45) is 4.70. The van der Waals surface area contributed by atoms with Crippen LogP contribution in [0.4, 0.5) is 0 Å². The molecule has 0 atom stereocenters. The van der Waals surface area contributed by atoms with E-state index in [1.54, 1.807) is 6.07 Å². The van der Waals surface area contributed by atoms with Gasteiger partial charge in [0.2, 0.25) is 10.0 Å². The maximum Gasteiger partial charge on any atom is 0.255 e. The zero-order valence-electron chi connectivity index (χ0n) is 16.2. The lowest BCUT2D eigenvalue weighted by Crippen LogP contribution is -2.39. The molecule has 2 aromatic carbocycles. The molecule has 1 saturated heterocycles. The quantitative estimate of drug-likeness (QED) is 0.685. The highest BCUT2D eigenvalue weighted by molar-refractivity contribution is 9.10. The van der Waals surface area contributed by atoms with Crippen LogP contribution in [0.15, 0.2) is 57.9 Å². The third-order valence-electron chi connectivity index (χ3n) is 5.65. The number of sulfonamides is 1. The first-order valence-electron chi connectivity index (χ1n) is 10.1. The van der Waals surface area contributed by atoms with Crippen LogP contribution in [0.5, 0.6) is 0 Å². The molecule has 1 amide bonds. The van der Waals surface area contributed by atoms with Gasteiger partial charge in [0.1, 0.15) is 0 Å². The lowest BCUT2D eigenvalue weighted by atomic mass is 9.90. The monoisotopic (exact) mass is 476 g/mol. The van der Waals surface area contributed by atoms with Gasteiger partial charge in [0.25, 0.3) is 5.91 Å². The Morgan fingerprint density at radius 1 is 1.03 bits per heavy atom. The van der Waals surface area contributed by atoms with Crippen LogP contribution in [0.3, 0.4) is 0 Å². The molecule has 0 unspecified atom stereocenters. The van der Waals surface area contributed by atoms with Gasteiger partial charge in [0.15, 0.2) is 0 Å². The second-order valence-corrected chi connectivity index (χ2v) is 10.5. The van der Waals surface area contributed by atoms with Crippen LogP contribution in [0.1, 0.15) is 41.6 Å². The molecule has 0 aromatic heterocycles. The van der Waals surface area contributed by atoms with Gasteiger partial charge in [0.05, 0.1) is 10.5 Å². The lowest BCUT2D eigenvalue weighted by Gasteiger charge is -2.32. The molecule has 2 fully saturated rings. The van der Waals surface area contributed by atoms with Gasteiger partial charge in [-0.05, 0) is 77.7 Å². The number of halogens is 1. The van der Waals surface area contributed by atoms with Crippen LogP contribution in [0.2, 0.25) is 0 Å². The second-order valence-electron chi connectivity index (χ2n) is 7.96. The van der Waals surface area contributed by atoms with Crippen molar-refractivity contribution in [1.29, 1.82) is 0 Å². The van der Waals surface area contributed by atoms with E-state index in [4.69, 9.17) is 0 Å². The Balaban J connectivity index is 1.42.